The maximum atomic E-state index is 12.9. The fourth-order valence-electron chi connectivity index (χ4n) is 2.70. The van der Waals surface area contributed by atoms with Gasteiger partial charge < -0.3 is 10.2 Å². The molecular weight excluding hydrogens is 342 g/mol. The van der Waals surface area contributed by atoms with E-state index in [2.05, 4.69) is 11.9 Å². The van der Waals surface area contributed by atoms with Gasteiger partial charge in [-0.3, -0.25) is 0 Å². The third-order valence-corrected chi connectivity index (χ3v) is 6.48. The van der Waals surface area contributed by atoms with Crippen LogP contribution in [0.1, 0.15) is 18.1 Å². The number of aryl methyl sites for hydroxylation is 2. The molecule has 0 radical (unpaired) electrons. The molecule has 1 saturated heterocycles. The van der Waals surface area contributed by atoms with Crippen molar-refractivity contribution in [2.24, 2.45) is 0 Å². The molecule has 0 atom stereocenters. The Kier molecular flexibility index (Phi) is 6.01. The lowest BCUT2D eigenvalue weighted by Gasteiger charge is -2.35. The third-order valence-electron chi connectivity index (χ3n) is 4.02. The summed E-state index contributed by atoms with van der Waals surface area (Å²) in [4.78, 5) is 2.40. The summed E-state index contributed by atoms with van der Waals surface area (Å²) >= 11 is 5.36. The van der Waals surface area contributed by atoms with Gasteiger partial charge in [-0.1, -0.05) is 29.8 Å². The lowest BCUT2D eigenvalue weighted by molar-refractivity contribution is 0.264. The second-order valence-corrected chi connectivity index (χ2v) is 8.57. The van der Waals surface area contributed by atoms with Crippen molar-refractivity contribution in [1.82, 2.24) is 14.5 Å². The monoisotopic (exact) mass is 367 g/mol. The number of rotatable bonds is 4. The van der Waals surface area contributed by atoms with E-state index in [0.29, 0.717) is 42.7 Å². The molecule has 1 aromatic rings. The molecule has 0 aromatic heterocycles. The summed E-state index contributed by atoms with van der Waals surface area (Å²) in [5.41, 5.74) is 2.86. The Balaban J connectivity index is 2.03. The van der Waals surface area contributed by atoms with Crippen molar-refractivity contribution in [3.63, 3.8) is 0 Å². The molecule has 1 N–H and O–H groups in total. The first-order valence-electron chi connectivity index (χ1n) is 7.96. The number of nitrogens with zero attached hydrogens (tertiary/aromatic N) is 2. The third kappa shape index (κ3) is 4.34. The summed E-state index contributed by atoms with van der Waals surface area (Å²) < 4.78 is 27.3. The molecule has 1 aliphatic rings. The van der Waals surface area contributed by atoms with E-state index in [1.165, 1.54) is 0 Å². The van der Waals surface area contributed by atoms with Crippen LogP contribution in [-0.4, -0.2) is 55.5 Å². The van der Waals surface area contributed by atoms with Crippen molar-refractivity contribution in [3.8, 4) is 0 Å². The molecule has 0 spiro atoms. The van der Waals surface area contributed by atoms with Gasteiger partial charge in [-0.2, -0.15) is 4.31 Å². The van der Waals surface area contributed by atoms with Gasteiger partial charge in [-0.05, 0) is 44.6 Å². The van der Waals surface area contributed by atoms with Crippen LogP contribution in [0.2, 0.25) is 0 Å². The van der Waals surface area contributed by atoms with E-state index in [9.17, 15) is 8.42 Å². The van der Waals surface area contributed by atoms with Crippen molar-refractivity contribution in [2.45, 2.75) is 25.7 Å². The van der Waals surface area contributed by atoms with Crippen molar-refractivity contribution < 1.29 is 8.42 Å². The molecular formula is C17H25N3O2S2. The van der Waals surface area contributed by atoms with Gasteiger partial charge in [0.05, 0.1) is 4.90 Å². The Morgan fingerprint density at radius 1 is 1.25 bits per heavy atom. The summed E-state index contributed by atoms with van der Waals surface area (Å²) in [6, 6.07) is 5.44. The predicted molar refractivity (Wildman–Crippen MR) is 102 cm³/mol. The number of nitrogens with one attached hydrogen (secondary N) is 1. The summed E-state index contributed by atoms with van der Waals surface area (Å²) in [7, 11) is -3.46. The lowest BCUT2D eigenvalue weighted by Crippen LogP contribution is -2.53. The minimum atomic E-state index is -3.46. The molecule has 5 nitrogen and oxygen atoms in total. The maximum Gasteiger partial charge on any atom is 0.243 e. The topological polar surface area (TPSA) is 52.6 Å². The quantitative estimate of drug-likeness (QED) is 0.652. The first kappa shape index (κ1) is 18.9. The van der Waals surface area contributed by atoms with Crippen LogP contribution in [0, 0.1) is 13.8 Å². The van der Waals surface area contributed by atoms with Gasteiger partial charge >= 0.3 is 0 Å². The number of thiocarbonyl (C=S) groups is 1. The molecule has 1 aliphatic heterocycles. The van der Waals surface area contributed by atoms with E-state index in [0.717, 1.165) is 16.7 Å². The van der Waals surface area contributed by atoms with Gasteiger partial charge in [0, 0.05) is 32.7 Å². The molecule has 0 saturated carbocycles. The predicted octanol–water partition coefficient (Wildman–Crippen LogP) is 2.06. The summed E-state index contributed by atoms with van der Waals surface area (Å²) in [6.45, 7) is 12.3. The van der Waals surface area contributed by atoms with Gasteiger partial charge in [0.25, 0.3) is 0 Å². The van der Waals surface area contributed by atoms with E-state index < -0.39 is 10.0 Å². The van der Waals surface area contributed by atoms with E-state index in [4.69, 9.17) is 12.2 Å². The van der Waals surface area contributed by atoms with Gasteiger partial charge in [0.1, 0.15) is 0 Å². The number of hydrogen-bond acceptors (Lipinski definition) is 3. The van der Waals surface area contributed by atoms with Crippen molar-refractivity contribution >= 4 is 27.4 Å². The highest BCUT2D eigenvalue weighted by Gasteiger charge is 2.30. The van der Waals surface area contributed by atoms with Crippen LogP contribution in [0.3, 0.4) is 0 Å². The van der Waals surface area contributed by atoms with Gasteiger partial charge in [0.2, 0.25) is 10.0 Å². The van der Waals surface area contributed by atoms with Crippen LogP contribution in [0.15, 0.2) is 35.2 Å². The SMILES string of the molecule is C=C(C)CNC(=S)N1CCN(S(=O)(=O)c2ccc(C)cc2C)CC1. The number of sulfonamides is 1. The van der Waals surface area contributed by atoms with E-state index in [-0.39, 0.29) is 0 Å². The summed E-state index contributed by atoms with van der Waals surface area (Å²) in [5, 5.41) is 3.80. The summed E-state index contributed by atoms with van der Waals surface area (Å²) in [6.07, 6.45) is 0. The smallest absolute Gasteiger partial charge is 0.243 e. The molecule has 1 fully saturated rings. The highest BCUT2D eigenvalue weighted by molar-refractivity contribution is 7.89. The molecule has 132 valence electrons. The Morgan fingerprint density at radius 2 is 1.88 bits per heavy atom. The Morgan fingerprint density at radius 3 is 2.42 bits per heavy atom. The molecule has 1 heterocycles. The lowest BCUT2D eigenvalue weighted by atomic mass is 10.2. The van der Waals surface area contributed by atoms with E-state index in [1.54, 1.807) is 10.4 Å². The van der Waals surface area contributed by atoms with E-state index in [1.807, 2.05) is 37.8 Å². The van der Waals surface area contributed by atoms with Crippen LogP contribution in [0.4, 0.5) is 0 Å². The fraction of sp³-hybridized carbons (Fsp3) is 0.471. The normalized spacial score (nSPS) is 16.0. The molecule has 0 amide bonds. The average molecular weight is 368 g/mol. The largest absolute Gasteiger partial charge is 0.359 e. The van der Waals surface area contributed by atoms with Gasteiger partial charge in [-0.25, -0.2) is 8.42 Å². The second-order valence-electron chi connectivity index (χ2n) is 6.28. The first-order chi connectivity index (χ1) is 11.2. The number of hydrogen-bond donors (Lipinski definition) is 1. The first-order valence-corrected chi connectivity index (χ1v) is 9.81. The minimum Gasteiger partial charge on any atom is -0.359 e. The minimum absolute atomic E-state index is 0.393. The zero-order valence-electron chi connectivity index (χ0n) is 14.5. The highest BCUT2D eigenvalue weighted by atomic mass is 32.2. The molecule has 0 aliphatic carbocycles. The molecule has 0 bridgehead atoms. The molecule has 2 rings (SSSR count). The number of piperazine rings is 1. The Labute approximate surface area is 150 Å². The Bertz CT molecular complexity index is 736. The van der Waals surface area contributed by atoms with Crippen LogP contribution in [0.25, 0.3) is 0 Å². The van der Waals surface area contributed by atoms with Crippen molar-refractivity contribution in [3.05, 3.63) is 41.5 Å². The fourth-order valence-corrected chi connectivity index (χ4v) is 4.58. The van der Waals surface area contributed by atoms with Crippen LogP contribution in [0.5, 0.6) is 0 Å². The van der Waals surface area contributed by atoms with Crippen LogP contribution in [-0.2, 0) is 10.0 Å². The second kappa shape index (κ2) is 7.63. The Hall–Kier alpha value is -1.44. The zero-order valence-corrected chi connectivity index (χ0v) is 16.1. The van der Waals surface area contributed by atoms with Crippen LogP contribution >= 0.6 is 12.2 Å². The maximum absolute atomic E-state index is 12.9. The summed E-state index contributed by atoms with van der Waals surface area (Å²) in [5.74, 6) is 0. The number of benzene rings is 1. The zero-order chi connectivity index (χ0) is 17.9. The standard InChI is InChI=1S/C17H25N3O2S2/c1-13(2)12-18-17(23)19-7-9-20(10-8-19)24(21,22)16-6-5-14(3)11-15(16)4/h5-6,11H,1,7-10,12H2,2-4H3,(H,18,23). The van der Waals surface area contributed by atoms with Gasteiger partial charge in [-0.15, -0.1) is 0 Å². The van der Waals surface area contributed by atoms with Gasteiger partial charge in [0.15, 0.2) is 5.11 Å². The molecule has 1 aromatic carbocycles. The molecule has 0 unspecified atom stereocenters. The molecule has 24 heavy (non-hydrogen) atoms. The van der Waals surface area contributed by atoms with Crippen molar-refractivity contribution in [2.75, 3.05) is 32.7 Å². The van der Waals surface area contributed by atoms with E-state index >= 15 is 0 Å². The average Bonchev–Trinajstić information content (AvgIpc) is 2.52. The van der Waals surface area contributed by atoms with Crippen LogP contribution < -0.4 is 5.32 Å². The highest BCUT2D eigenvalue weighted by Crippen LogP contribution is 2.22. The van der Waals surface area contributed by atoms with Crippen molar-refractivity contribution in [1.29, 1.82) is 0 Å². The molecule has 7 heteroatoms.